The maximum absolute atomic E-state index is 11.4. The molecular formula is C12H13N3O3. The fraction of sp³-hybridized carbons (Fsp3) is 0.250. The molecule has 0 unspecified atom stereocenters. The summed E-state index contributed by atoms with van der Waals surface area (Å²) in [6, 6.07) is 3.22. The summed E-state index contributed by atoms with van der Waals surface area (Å²) in [6.07, 6.45) is 4.73. The van der Waals surface area contributed by atoms with Gasteiger partial charge in [-0.3, -0.25) is 4.68 Å². The van der Waals surface area contributed by atoms with E-state index in [-0.39, 0.29) is 0 Å². The van der Waals surface area contributed by atoms with Crippen molar-refractivity contribution in [1.29, 1.82) is 0 Å². The largest absolute Gasteiger partial charge is 0.462 e. The van der Waals surface area contributed by atoms with Crippen LogP contribution < -0.4 is 4.74 Å². The summed E-state index contributed by atoms with van der Waals surface area (Å²) >= 11 is 0. The molecule has 2 aromatic rings. The SMILES string of the molecule is CCOC(=O)c1ccc(Oc2cnn(C)c2)nc1. The van der Waals surface area contributed by atoms with Gasteiger partial charge in [-0.05, 0) is 13.0 Å². The fourth-order valence-corrected chi connectivity index (χ4v) is 1.35. The van der Waals surface area contributed by atoms with E-state index in [1.54, 1.807) is 43.2 Å². The molecule has 0 aromatic carbocycles. The Morgan fingerprint density at radius 3 is 2.78 bits per heavy atom. The van der Waals surface area contributed by atoms with Gasteiger partial charge in [0, 0.05) is 19.3 Å². The molecule has 0 N–H and O–H groups in total. The molecule has 6 nitrogen and oxygen atoms in total. The van der Waals surface area contributed by atoms with Crippen LogP contribution in [0.15, 0.2) is 30.7 Å². The van der Waals surface area contributed by atoms with Gasteiger partial charge in [-0.1, -0.05) is 0 Å². The highest BCUT2D eigenvalue weighted by molar-refractivity contribution is 5.89. The Labute approximate surface area is 104 Å². The van der Waals surface area contributed by atoms with Crippen molar-refractivity contribution in [2.75, 3.05) is 6.61 Å². The number of nitrogens with zero attached hydrogens (tertiary/aromatic N) is 3. The second-order valence-electron chi connectivity index (χ2n) is 3.56. The van der Waals surface area contributed by atoms with Crippen LogP contribution in [0.25, 0.3) is 0 Å². The molecule has 2 rings (SSSR count). The monoisotopic (exact) mass is 247 g/mol. The van der Waals surface area contributed by atoms with Crippen molar-refractivity contribution in [3.8, 4) is 11.6 Å². The van der Waals surface area contributed by atoms with Crippen LogP contribution in [0.1, 0.15) is 17.3 Å². The number of esters is 1. The Balaban J connectivity index is 2.05. The van der Waals surface area contributed by atoms with E-state index in [2.05, 4.69) is 10.1 Å². The maximum atomic E-state index is 11.4. The van der Waals surface area contributed by atoms with Crippen LogP contribution in [0.3, 0.4) is 0 Å². The molecule has 18 heavy (non-hydrogen) atoms. The third kappa shape index (κ3) is 2.85. The second kappa shape index (κ2) is 5.31. The van der Waals surface area contributed by atoms with Gasteiger partial charge in [0.25, 0.3) is 0 Å². The molecule has 0 fully saturated rings. The summed E-state index contributed by atoms with van der Waals surface area (Å²) in [5.74, 6) is 0.600. The molecule has 0 saturated carbocycles. The second-order valence-corrected chi connectivity index (χ2v) is 3.56. The maximum Gasteiger partial charge on any atom is 0.339 e. The highest BCUT2D eigenvalue weighted by Crippen LogP contribution is 2.18. The topological polar surface area (TPSA) is 66.2 Å². The molecule has 0 aliphatic rings. The van der Waals surface area contributed by atoms with Crippen molar-refractivity contribution in [2.24, 2.45) is 7.05 Å². The molecular weight excluding hydrogens is 234 g/mol. The summed E-state index contributed by atoms with van der Waals surface area (Å²) in [5.41, 5.74) is 0.399. The Kier molecular flexibility index (Phi) is 3.57. The van der Waals surface area contributed by atoms with Gasteiger partial charge < -0.3 is 9.47 Å². The minimum Gasteiger partial charge on any atom is -0.462 e. The lowest BCUT2D eigenvalue weighted by Gasteiger charge is -2.03. The third-order valence-electron chi connectivity index (χ3n) is 2.15. The number of aryl methyl sites for hydroxylation is 1. The molecule has 94 valence electrons. The van der Waals surface area contributed by atoms with Crippen molar-refractivity contribution in [3.05, 3.63) is 36.3 Å². The zero-order valence-corrected chi connectivity index (χ0v) is 10.2. The average molecular weight is 247 g/mol. The zero-order chi connectivity index (χ0) is 13.0. The van der Waals surface area contributed by atoms with E-state index < -0.39 is 5.97 Å². The predicted octanol–water partition coefficient (Wildman–Crippen LogP) is 1.78. The standard InChI is InChI=1S/C12H13N3O3/c1-3-17-12(16)9-4-5-11(13-6-9)18-10-7-14-15(2)8-10/h4-8H,3H2,1-2H3. The first kappa shape index (κ1) is 12.1. The molecule has 0 bridgehead atoms. The van der Waals surface area contributed by atoms with Crippen molar-refractivity contribution in [1.82, 2.24) is 14.8 Å². The van der Waals surface area contributed by atoms with Crippen LogP contribution in [-0.2, 0) is 11.8 Å². The average Bonchev–Trinajstić information content (AvgIpc) is 2.76. The normalized spacial score (nSPS) is 10.1. The number of aromatic nitrogens is 3. The lowest BCUT2D eigenvalue weighted by molar-refractivity contribution is 0.0526. The lowest BCUT2D eigenvalue weighted by atomic mass is 10.3. The molecule has 0 aliphatic heterocycles. The Bertz CT molecular complexity index is 534. The number of carbonyl (C=O) groups is 1. The van der Waals surface area contributed by atoms with Gasteiger partial charge in [0.15, 0.2) is 5.75 Å². The minimum absolute atomic E-state index is 0.340. The van der Waals surface area contributed by atoms with Crippen molar-refractivity contribution in [3.63, 3.8) is 0 Å². The first-order valence-electron chi connectivity index (χ1n) is 5.48. The van der Waals surface area contributed by atoms with Gasteiger partial charge in [-0.25, -0.2) is 9.78 Å². The zero-order valence-electron chi connectivity index (χ0n) is 10.2. The molecule has 0 saturated heterocycles. The van der Waals surface area contributed by atoms with Gasteiger partial charge in [-0.15, -0.1) is 0 Å². The van der Waals surface area contributed by atoms with Gasteiger partial charge >= 0.3 is 5.97 Å². The fourth-order valence-electron chi connectivity index (χ4n) is 1.35. The van der Waals surface area contributed by atoms with Crippen LogP contribution in [0, 0.1) is 0 Å². The molecule has 0 aliphatic carbocycles. The molecule has 2 heterocycles. The van der Waals surface area contributed by atoms with Crippen LogP contribution in [0.4, 0.5) is 0 Å². The third-order valence-corrected chi connectivity index (χ3v) is 2.15. The number of carbonyl (C=O) groups excluding carboxylic acids is 1. The first-order chi connectivity index (χ1) is 8.69. The van der Waals surface area contributed by atoms with Gasteiger partial charge in [0.1, 0.15) is 0 Å². The summed E-state index contributed by atoms with van der Waals surface area (Å²) < 4.78 is 11.9. The number of ether oxygens (including phenoxy) is 2. The van der Waals surface area contributed by atoms with E-state index in [1.807, 2.05) is 0 Å². The van der Waals surface area contributed by atoms with Crippen LogP contribution in [0.2, 0.25) is 0 Å². The van der Waals surface area contributed by atoms with E-state index in [9.17, 15) is 4.79 Å². The summed E-state index contributed by atoms with van der Waals surface area (Å²) in [5, 5.41) is 3.97. The number of hydrogen-bond acceptors (Lipinski definition) is 5. The van der Waals surface area contributed by atoms with Crippen LogP contribution >= 0.6 is 0 Å². The molecule has 2 aromatic heterocycles. The van der Waals surface area contributed by atoms with E-state index in [1.165, 1.54) is 6.20 Å². The number of hydrogen-bond donors (Lipinski definition) is 0. The van der Waals surface area contributed by atoms with Gasteiger partial charge in [0.2, 0.25) is 5.88 Å². The first-order valence-corrected chi connectivity index (χ1v) is 5.48. The molecule has 0 amide bonds. The quantitative estimate of drug-likeness (QED) is 0.770. The van der Waals surface area contributed by atoms with E-state index in [0.29, 0.717) is 23.8 Å². The van der Waals surface area contributed by atoms with E-state index >= 15 is 0 Å². The Hall–Kier alpha value is -2.37. The number of pyridine rings is 1. The van der Waals surface area contributed by atoms with Crippen molar-refractivity contribution in [2.45, 2.75) is 6.92 Å². The predicted molar refractivity (Wildman–Crippen MR) is 63.5 cm³/mol. The summed E-state index contributed by atoms with van der Waals surface area (Å²) in [7, 11) is 1.80. The van der Waals surface area contributed by atoms with Crippen LogP contribution in [0.5, 0.6) is 11.6 Å². The molecule has 0 radical (unpaired) electrons. The summed E-state index contributed by atoms with van der Waals surface area (Å²) in [6.45, 7) is 2.10. The Morgan fingerprint density at radius 2 is 2.22 bits per heavy atom. The molecule has 0 atom stereocenters. The highest BCUT2D eigenvalue weighted by atomic mass is 16.5. The smallest absolute Gasteiger partial charge is 0.339 e. The highest BCUT2D eigenvalue weighted by Gasteiger charge is 2.07. The molecule has 6 heteroatoms. The number of rotatable bonds is 4. The minimum atomic E-state index is -0.391. The van der Waals surface area contributed by atoms with Gasteiger partial charge in [0.05, 0.1) is 24.6 Å². The van der Waals surface area contributed by atoms with Crippen LogP contribution in [-0.4, -0.2) is 27.3 Å². The van der Waals surface area contributed by atoms with Gasteiger partial charge in [-0.2, -0.15) is 5.10 Å². The molecule has 0 spiro atoms. The van der Waals surface area contributed by atoms with Crippen molar-refractivity contribution >= 4 is 5.97 Å². The lowest BCUT2D eigenvalue weighted by Crippen LogP contribution is -2.04. The summed E-state index contributed by atoms with van der Waals surface area (Å²) in [4.78, 5) is 15.4. The Morgan fingerprint density at radius 1 is 1.39 bits per heavy atom. The van der Waals surface area contributed by atoms with Crippen molar-refractivity contribution < 1.29 is 14.3 Å². The van der Waals surface area contributed by atoms with E-state index in [0.717, 1.165) is 0 Å². The van der Waals surface area contributed by atoms with E-state index in [4.69, 9.17) is 9.47 Å².